The van der Waals surface area contributed by atoms with Crippen LogP contribution in [0.4, 0.5) is 0 Å². The standard InChI is InChI=1S/C26H47NO/c1-3-5-7-8-10-18-26(22-27)19-16-24(17-20-26)21-28-25-14-12-23(13-15-25)11-9-6-4-2/h23-25H,3-21H2,1-2H3/t23-,24-,25-,26-. The minimum absolute atomic E-state index is 0.0146. The van der Waals surface area contributed by atoms with Gasteiger partial charge in [-0.15, -0.1) is 0 Å². The van der Waals surface area contributed by atoms with Gasteiger partial charge in [0.2, 0.25) is 0 Å². The van der Waals surface area contributed by atoms with Crippen LogP contribution >= 0.6 is 0 Å². The van der Waals surface area contributed by atoms with Crippen molar-refractivity contribution in [3.8, 4) is 6.07 Å². The quantitative estimate of drug-likeness (QED) is 0.297. The van der Waals surface area contributed by atoms with E-state index in [-0.39, 0.29) is 5.41 Å². The van der Waals surface area contributed by atoms with Gasteiger partial charge in [0.05, 0.1) is 17.6 Å². The maximum Gasteiger partial charge on any atom is 0.0689 e. The molecule has 0 N–H and O–H groups in total. The Bertz CT molecular complexity index is 424. The summed E-state index contributed by atoms with van der Waals surface area (Å²) in [4.78, 5) is 0. The van der Waals surface area contributed by atoms with Gasteiger partial charge in [-0.25, -0.2) is 0 Å². The first-order valence-electron chi connectivity index (χ1n) is 12.7. The number of unbranched alkanes of at least 4 members (excludes halogenated alkanes) is 6. The molecule has 0 aliphatic heterocycles. The number of nitriles is 1. The lowest BCUT2D eigenvalue weighted by molar-refractivity contribution is -0.0135. The molecule has 2 rings (SSSR count). The average Bonchev–Trinajstić information content (AvgIpc) is 2.74. The first-order chi connectivity index (χ1) is 13.7. The van der Waals surface area contributed by atoms with Crippen LogP contribution in [0.2, 0.25) is 0 Å². The predicted octanol–water partition coefficient (Wildman–Crippen LogP) is 8.20. The Morgan fingerprint density at radius 2 is 1.43 bits per heavy atom. The van der Waals surface area contributed by atoms with Gasteiger partial charge in [-0.3, -0.25) is 0 Å². The molecule has 2 heteroatoms. The monoisotopic (exact) mass is 389 g/mol. The second-order valence-corrected chi connectivity index (χ2v) is 9.97. The fourth-order valence-corrected chi connectivity index (χ4v) is 5.42. The van der Waals surface area contributed by atoms with Crippen LogP contribution in [0.1, 0.15) is 129 Å². The van der Waals surface area contributed by atoms with Crippen LogP contribution in [0.15, 0.2) is 0 Å². The number of hydrogen-bond donors (Lipinski definition) is 0. The van der Waals surface area contributed by atoms with Gasteiger partial charge in [-0.1, -0.05) is 71.6 Å². The van der Waals surface area contributed by atoms with E-state index in [1.165, 1.54) is 96.3 Å². The first kappa shape index (κ1) is 23.7. The SMILES string of the molecule is CCCCCCC[C@]1(C#N)CC[C@H](CO[C@H]2CC[C@H](CCCCC)CC2)CC1. The van der Waals surface area contributed by atoms with Gasteiger partial charge >= 0.3 is 0 Å². The maximum atomic E-state index is 9.79. The van der Waals surface area contributed by atoms with Gasteiger partial charge in [0.1, 0.15) is 0 Å². The van der Waals surface area contributed by atoms with Crippen LogP contribution in [0.5, 0.6) is 0 Å². The molecule has 0 unspecified atom stereocenters. The van der Waals surface area contributed by atoms with Crippen LogP contribution in [0.3, 0.4) is 0 Å². The smallest absolute Gasteiger partial charge is 0.0689 e. The third kappa shape index (κ3) is 8.44. The maximum absolute atomic E-state index is 9.79. The van der Waals surface area contributed by atoms with Crippen LogP contribution in [0.25, 0.3) is 0 Å². The molecular weight excluding hydrogens is 342 g/mol. The Morgan fingerprint density at radius 3 is 2.07 bits per heavy atom. The van der Waals surface area contributed by atoms with Gasteiger partial charge < -0.3 is 4.74 Å². The molecule has 0 aromatic carbocycles. The van der Waals surface area contributed by atoms with E-state index in [4.69, 9.17) is 4.74 Å². The van der Waals surface area contributed by atoms with E-state index in [1.54, 1.807) is 0 Å². The van der Waals surface area contributed by atoms with Crippen molar-refractivity contribution < 1.29 is 4.74 Å². The lowest BCUT2D eigenvalue weighted by atomic mass is 9.69. The molecule has 0 amide bonds. The lowest BCUT2D eigenvalue weighted by Gasteiger charge is -2.36. The number of nitrogens with zero attached hydrogens (tertiary/aromatic N) is 1. The highest BCUT2D eigenvalue weighted by molar-refractivity contribution is 5.01. The molecule has 2 aliphatic rings. The van der Waals surface area contributed by atoms with Crippen molar-refractivity contribution in [3.63, 3.8) is 0 Å². The summed E-state index contributed by atoms with van der Waals surface area (Å²) in [6, 6.07) is 2.72. The van der Waals surface area contributed by atoms with Gasteiger partial charge in [-0.05, 0) is 69.6 Å². The lowest BCUT2D eigenvalue weighted by Crippen LogP contribution is -2.30. The summed E-state index contributed by atoms with van der Waals surface area (Å²) >= 11 is 0. The molecule has 2 saturated carbocycles. The number of hydrogen-bond acceptors (Lipinski definition) is 2. The topological polar surface area (TPSA) is 33.0 Å². The highest BCUT2D eigenvalue weighted by Crippen LogP contribution is 2.42. The second kappa shape index (κ2) is 13.6. The fourth-order valence-electron chi connectivity index (χ4n) is 5.42. The Morgan fingerprint density at radius 1 is 0.786 bits per heavy atom. The largest absolute Gasteiger partial charge is 0.378 e. The third-order valence-corrected chi connectivity index (χ3v) is 7.64. The van der Waals surface area contributed by atoms with Gasteiger partial charge in [-0.2, -0.15) is 5.26 Å². The Hall–Kier alpha value is -0.550. The molecule has 0 spiro atoms. The summed E-state index contributed by atoms with van der Waals surface area (Å²) in [5.74, 6) is 1.67. The summed E-state index contributed by atoms with van der Waals surface area (Å²) in [6.45, 7) is 5.51. The zero-order chi connectivity index (χ0) is 20.1. The number of rotatable bonds is 13. The molecule has 2 aliphatic carbocycles. The van der Waals surface area contributed by atoms with E-state index in [1.807, 2.05) is 0 Å². The van der Waals surface area contributed by atoms with E-state index in [0.717, 1.165) is 31.8 Å². The van der Waals surface area contributed by atoms with Crippen molar-refractivity contribution >= 4 is 0 Å². The van der Waals surface area contributed by atoms with Crippen molar-refractivity contribution in [2.24, 2.45) is 17.3 Å². The average molecular weight is 390 g/mol. The molecule has 0 atom stereocenters. The van der Waals surface area contributed by atoms with Crippen molar-refractivity contribution in [1.29, 1.82) is 5.26 Å². The Balaban J connectivity index is 1.57. The summed E-state index contributed by atoms with van der Waals surface area (Å²) in [5.41, 5.74) is -0.0146. The van der Waals surface area contributed by atoms with Crippen LogP contribution in [-0.4, -0.2) is 12.7 Å². The molecule has 0 radical (unpaired) electrons. The van der Waals surface area contributed by atoms with Crippen molar-refractivity contribution in [2.45, 2.75) is 136 Å². The minimum atomic E-state index is -0.0146. The highest BCUT2D eigenvalue weighted by atomic mass is 16.5. The van der Waals surface area contributed by atoms with Gasteiger partial charge in [0.25, 0.3) is 0 Å². The normalized spacial score (nSPS) is 30.8. The third-order valence-electron chi connectivity index (χ3n) is 7.64. The van der Waals surface area contributed by atoms with E-state index in [9.17, 15) is 5.26 Å². The van der Waals surface area contributed by atoms with Crippen LogP contribution < -0.4 is 0 Å². The van der Waals surface area contributed by atoms with E-state index < -0.39 is 0 Å². The second-order valence-electron chi connectivity index (χ2n) is 9.97. The fraction of sp³-hybridized carbons (Fsp3) is 0.962. The zero-order valence-corrected chi connectivity index (χ0v) is 19.0. The van der Waals surface area contributed by atoms with E-state index in [0.29, 0.717) is 12.0 Å². The molecule has 2 fully saturated rings. The molecule has 0 bridgehead atoms. The molecule has 28 heavy (non-hydrogen) atoms. The van der Waals surface area contributed by atoms with Gasteiger partial charge in [0.15, 0.2) is 0 Å². The van der Waals surface area contributed by atoms with Crippen LogP contribution in [-0.2, 0) is 4.74 Å². The van der Waals surface area contributed by atoms with Crippen molar-refractivity contribution in [2.75, 3.05) is 6.61 Å². The highest BCUT2D eigenvalue weighted by Gasteiger charge is 2.35. The zero-order valence-electron chi connectivity index (χ0n) is 19.0. The molecule has 0 aromatic heterocycles. The summed E-state index contributed by atoms with van der Waals surface area (Å²) < 4.78 is 6.34. The first-order valence-corrected chi connectivity index (χ1v) is 12.7. The van der Waals surface area contributed by atoms with Gasteiger partial charge in [0, 0.05) is 6.61 Å². The van der Waals surface area contributed by atoms with E-state index >= 15 is 0 Å². The molecule has 2 nitrogen and oxygen atoms in total. The van der Waals surface area contributed by atoms with Crippen molar-refractivity contribution in [1.82, 2.24) is 0 Å². The van der Waals surface area contributed by atoms with Crippen molar-refractivity contribution in [3.05, 3.63) is 0 Å². The summed E-state index contributed by atoms with van der Waals surface area (Å²) in [6.07, 6.45) is 23.7. The molecule has 0 saturated heterocycles. The Kier molecular flexibility index (Phi) is 11.6. The summed E-state index contributed by atoms with van der Waals surface area (Å²) in [5, 5.41) is 9.79. The minimum Gasteiger partial charge on any atom is -0.378 e. The van der Waals surface area contributed by atoms with E-state index in [2.05, 4.69) is 19.9 Å². The molecule has 0 aromatic rings. The number of ether oxygens (including phenoxy) is 1. The predicted molar refractivity (Wildman–Crippen MR) is 119 cm³/mol. The molecule has 0 heterocycles. The molecular formula is C26H47NO. The van der Waals surface area contributed by atoms with Crippen LogP contribution in [0, 0.1) is 28.6 Å². The Labute approximate surface area is 175 Å². The summed E-state index contributed by atoms with van der Waals surface area (Å²) in [7, 11) is 0. The molecule has 162 valence electrons.